The Morgan fingerprint density at radius 1 is 1.31 bits per heavy atom. The minimum atomic E-state index is -0.342. The van der Waals surface area contributed by atoms with E-state index in [1.165, 1.54) is 6.20 Å². The van der Waals surface area contributed by atoms with Crippen molar-refractivity contribution in [2.45, 2.75) is 26.4 Å². The zero-order valence-corrected chi connectivity index (χ0v) is 15.5. The molecule has 26 heavy (non-hydrogen) atoms. The zero-order chi connectivity index (χ0) is 19.1. The van der Waals surface area contributed by atoms with E-state index in [9.17, 15) is 10.1 Å². The molecule has 1 amide bonds. The van der Waals surface area contributed by atoms with Gasteiger partial charge in [0.2, 0.25) is 0 Å². The Kier molecular flexibility index (Phi) is 6.65. The van der Waals surface area contributed by atoms with Crippen molar-refractivity contribution in [3.05, 3.63) is 70.9 Å². The third-order valence-electron chi connectivity index (χ3n) is 3.80. The molecule has 0 unspecified atom stereocenters. The molecule has 0 radical (unpaired) electrons. The molecule has 5 nitrogen and oxygen atoms in total. The monoisotopic (exact) mass is 368 g/mol. The summed E-state index contributed by atoms with van der Waals surface area (Å²) in [5.74, 6) is -0.342. The fourth-order valence-electron chi connectivity index (χ4n) is 2.36. The number of nitrogens with zero attached hydrogens (tertiary/aromatic N) is 2. The first-order chi connectivity index (χ1) is 12.4. The number of carbonyl (C=O) groups is 1. The molecule has 0 bridgehead atoms. The quantitative estimate of drug-likeness (QED) is 0.455. The number of hydrogen-bond acceptors (Lipinski definition) is 4. The van der Waals surface area contributed by atoms with Gasteiger partial charge < -0.3 is 16.0 Å². The Balaban J connectivity index is 2.20. The minimum Gasteiger partial charge on any atom is -0.399 e. The van der Waals surface area contributed by atoms with Crippen LogP contribution >= 0.6 is 11.6 Å². The highest BCUT2D eigenvalue weighted by molar-refractivity contribution is 6.33. The van der Waals surface area contributed by atoms with Crippen LogP contribution in [-0.4, -0.2) is 16.8 Å². The summed E-state index contributed by atoms with van der Waals surface area (Å²) in [7, 11) is 0. The fraction of sp³-hybridized carbons (Fsp3) is 0.200. The summed E-state index contributed by atoms with van der Waals surface area (Å²) < 4.78 is 0. The maximum Gasteiger partial charge on any atom is 0.266 e. The Labute approximate surface area is 158 Å². The van der Waals surface area contributed by atoms with Gasteiger partial charge in [-0.3, -0.25) is 4.79 Å². The van der Waals surface area contributed by atoms with Crippen LogP contribution in [0.4, 0.5) is 11.4 Å². The van der Waals surface area contributed by atoms with E-state index < -0.39 is 0 Å². The number of rotatable bonds is 6. The number of halogens is 1. The van der Waals surface area contributed by atoms with Gasteiger partial charge in [-0.15, -0.1) is 0 Å². The van der Waals surface area contributed by atoms with E-state index in [2.05, 4.69) is 5.32 Å². The molecule has 0 aromatic heterocycles. The topological polar surface area (TPSA) is 82.2 Å². The van der Waals surface area contributed by atoms with Gasteiger partial charge in [-0.2, -0.15) is 5.26 Å². The van der Waals surface area contributed by atoms with Crippen molar-refractivity contribution >= 4 is 28.9 Å². The van der Waals surface area contributed by atoms with E-state index in [0.29, 0.717) is 22.9 Å². The molecule has 0 aliphatic heterocycles. The second kappa shape index (κ2) is 8.93. The predicted molar refractivity (Wildman–Crippen MR) is 105 cm³/mol. The van der Waals surface area contributed by atoms with Crippen molar-refractivity contribution in [2.24, 2.45) is 0 Å². The van der Waals surface area contributed by atoms with Crippen molar-refractivity contribution in [1.29, 1.82) is 5.26 Å². The van der Waals surface area contributed by atoms with Crippen LogP contribution in [0.25, 0.3) is 0 Å². The number of nitrogen functional groups attached to an aromatic ring is 1. The zero-order valence-electron chi connectivity index (χ0n) is 14.7. The predicted octanol–water partition coefficient (Wildman–Crippen LogP) is 4.18. The maximum absolute atomic E-state index is 12.8. The molecule has 0 saturated carbocycles. The van der Waals surface area contributed by atoms with Crippen LogP contribution in [0.15, 0.2) is 60.3 Å². The summed E-state index contributed by atoms with van der Waals surface area (Å²) in [6.07, 6.45) is 1.38. The average molecular weight is 369 g/mol. The number of carbonyl (C=O) groups excluding carboxylic acids is 1. The van der Waals surface area contributed by atoms with Crippen molar-refractivity contribution < 1.29 is 4.79 Å². The third kappa shape index (κ3) is 5.01. The smallest absolute Gasteiger partial charge is 0.266 e. The van der Waals surface area contributed by atoms with Gasteiger partial charge in [0.05, 0.1) is 10.7 Å². The SMILES string of the molecule is CC(C)N(Cc1ccccc1)C(=O)/C(C#N)=C\Nc1ccc(N)cc1Cl. The molecule has 0 fully saturated rings. The third-order valence-corrected chi connectivity index (χ3v) is 4.11. The highest BCUT2D eigenvalue weighted by Crippen LogP contribution is 2.24. The highest BCUT2D eigenvalue weighted by atomic mass is 35.5. The second-order valence-electron chi connectivity index (χ2n) is 6.07. The number of amides is 1. The number of nitriles is 1. The summed E-state index contributed by atoms with van der Waals surface area (Å²) >= 11 is 6.11. The highest BCUT2D eigenvalue weighted by Gasteiger charge is 2.21. The summed E-state index contributed by atoms with van der Waals surface area (Å²) in [5, 5.41) is 12.7. The summed E-state index contributed by atoms with van der Waals surface area (Å²) in [4.78, 5) is 14.5. The maximum atomic E-state index is 12.8. The van der Waals surface area contributed by atoms with Crippen molar-refractivity contribution in [1.82, 2.24) is 4.90 Å². The van der Waals surface area contributed by atoms with Gasteiger partial charge in [-0.05, 0) is 37.6 Å². The first-order valence-corrected chi connectivity index (χ1v) is 8.57. The van der Waals surface area contributed by atoms with E-state index in [1.54, 1.807) is 23.1 Å². The molecule has 2 aromatic rings. The van der Waals surface area contributed by atoms with Gasteiger partial charge in [0, 0.05) is 24.5 Å². The van der Waals surface area contributed by atoms with Crippen molar-refractivity contribution in [3.8, 4) is 6.07 Å². The molecule has 0 saturated heterocycles. The Morgan fingerprint density at radius 3 is 2.58 bits per heavy atom. The fourth-order valence-corrected chi connectivity index (χ4v) is 2.61. The lowest BCUT2D eigenvalue weighted by Crippen LogP contribution is -2.37. The second-order valence-corrected chi connectivity index (χ2v) is 6.47. The van der Waals surface area contributed by atoms with Gasteiger partial charge in [-0.1, -0.05) is 41.9 Å². The van der Waals surface area contributed by atoms with Gasteiger partial charge >= 0.3 is 0 Å². The molecule has 2 rings (SSSR count). The van der Waals surface area contributed by atoms with Gasteiger partial charge in [0.1, 0.15) is 11.6 Å². The van der Waals surface area contributed by atoms with Crippen LogP contribution in [0.2, 0.25) is 5.02 Å². The molecule has 0 atom stereocenters. The number of anilines is 2. The minimum absolute atomic E-state index is 0.00234. The molecule has 0 aliphatic rings. The normalized spacial score (nSPS) is 11.1. The number of nitrogens with one attached hydrogen (secondary N) is 1. The Hall–Kier alpha value is -2.97. The van der Waals surface area contributed by atoms with Crippen LogP contribution in [0.5, 0.6) is 0 Å². The molecule has 0 spiro atoms. The largest absolute Gasteiger partial charge is 0.399 e. The standard InChI is InChI=1S/C20H21ClN4O/c1-14(2)25(13-15-6-4-3-5-7-15)20(26)16(11-22)12-24-19-9-8-17(23)10-18(19)21/h3-10,12,14,24H,13,23H2,1-2H3/b16-12-. The number of hydrogen-bond donors (Lipinski definition) is 2. The van der Waals surface area contributed by atoms with E-state index in [-0.39, 0.29) is 17.5 Å². The summed E-state index contributed by atoms with van der Waals surface area (Å²) in [6, 6.07) is 16.5. The molecule has 0 heterocycles. The van der Waals surface area contributed by atoms with Crippen LogP contribution in [-0.2, 0) is 11.3 Å². The first kappa shape index (κ1) is 19.4. The lowest BCUT2D eigenvalue weighted by Gasteiger charge is -2.26. The van der Waals surface area contributed by atoms with Gasteiger partial charge in [0.25, 0.3) is 5.91 Å². The number of nitrogens with two attached hydrogens (primary N) is 1. The Morgan fingerprint density at radius 2 is 2.00 bits per heavy atom. The van der Waals surface area contributed by atoms with Crippen LogP contribution in [0, 0.1) is 11.3 Å². The van der Waals surface area contributed by atoms with Crippen molar-refractivity contribution in [3.63, 3.8) is 0 Å². The van der Waals surface area contributed by atoms with Crippen LogP contribution in [0.1, 0.15) is 19.4 Å². The van der Waals surface area contributed by atoms with Crippen LogP contribution < -0.4 is 11.1 Å². The lowest BCUT2D eigenvalue weighted by molar-refractivity contribution is -0.129. The molecule has 3 N–H and O–H groups in total. The average Bonchev–Trinajstić information content (AvgIpc) is 2.62. The summed E-state index contributed by atoms with van der Waals surface area (Å²) in [6.45, 7) is 4.26. The molecule has 0 aliphatic carbocycles. The van der Waals surface area contributed by atoms with E-state index in [0.717, 1.165) is 5.56 Å². The summed E-state index contributed by atoms with van der Waals surface area (Å²) in [5.41, 5.74) is 7.77. The number of benzene rings is 2. The van der Waals surface area contributed by atoms with E-state index in [1.807, 2.05) is 50.2 Å². The molecular formula is C20H21ClN4O. The molecular weight excluding hydrogens is 348 g/mol. The van der Waals surface area contributed by atoms with Gasteiger partial charge in [0.15, 0.2) is 0 Å². The lowest BCUT2D eigenvalue weighted by atomic mass is 10.1. The van der Waals surface area contributed by atoms with Crippen molar-refractivity contribution in [2.75, 3.05) is 11.1 Å². The molecule has 6 heteroatoms. The molecule has 134 valence electrons. The van der Waals surface area contributed by atoms with Gasteiger partial charge in [-0.25, -0.2) is 0 Å². The van der Waals surface area contributed by atoms with E-state index in [4.69, 9.17) is 17.3 Å². The van der Waals surface area contributed by atoms with E-state index >= 15 is 0 Å². The van der Waals surface area contributed by atoms with Crippen LogP contribution in [0.3, 0.4) is 0 Å². The Bertz CT molecular complexity index is 841. The molecule has 2 aromatic carbocycles. The first-order valence-electron chi connectivity index (χ1n) is 8.19.